The summed E-state index contributed by atoms with van der Waals surface area (Å²) in [6.45, 7) is 1.87. The van der Waals surface area contributed by atoms with Crippen LogP contribution in [0.5, 0.6) is 0 Å². The zero-order valence-corrected chi connectivity index (χ0v) is 8.29. The molecule has 0 spiro atoms. The van der Waals surface area contributed by atoms with Crippen molar-refractivity contribution < 1.29 is 4.79 Å². The summed E-state index contributed by atoms with van der Waals surface area (Å²) < 4.78 is 0. The normalized spacial score (nSPS) is 15.2. The van der Waals surface area contributed by atoms with Crippen LogP contribution < -0.4 is 5.32 Å². The first-order valence-electron chi connectivity index (χ1n) is 5.01. The number of nitrogens with one attached hydrogen (secondary N) is 1. The van der Waals surface area contributed by atoms with Crippen molar-refractivity contribution in [2.45, 2.75) is 25.8 Å². The molecule has 0 bridgehead atoms. The summed E-state index contributed by atoms with van der Waals surface area (Å²) in [5.74, 6) is 0.124. The lowest BCUT2D eigenvalue weighted by atomic mass is 10.1. The van der Waals surface area contributed by atoms with Gasteiger partial charge in [-0.1, -0.05) is 31.2 Å². The van der Waals surface area contributed by atoms with Crippen LogP contribution in [0.1, 0.15) is 24.5 Å². The van der Waals surface area contributed by atoms with Crippen LogP contribution in [0.3, 0.4) is 0 Å². The Labute approximate surface area is 84.3 Å². The van der Waals surface area contributed by atoms with Crippen molar-refractivity contribution in [3.05, 3.63) is 41.8 Å². The predicted octanol–water partition coefficient (Wildman–Crippen LogP) is 1.69. The van der Waals surface area contributed by atoms with Crippen LogP contribution in [0.25, 0.3) is 0 Å². The first-order valence-corrected chi connectivity index (χ1v) is 5.01. The van der Waals surface area contributed by atoms with E-state index in [2.05, 4.69) is 23.9 Å². The Bertz CT molecular complexity index is 321. The molecule has 0 fully saturated rings. The SMILES string of the molecule is CCC(=O)NC1[CH]c2ccccc2C1. The maximum atomic E-state index is 11.2. The molecule has 1 amide bonds. The number of benzene rings is 1. The molecule has 0 saturated carbocycles. The fraction of sp³-hybridized carbons (Fsp3) is 0.333. The molecule has 0 heterocycles. The van der Waals surface area contributed by atoms with Gasteiger partial charge in [0.1, 0.15) is 0 Å². The van der Waals surface area contributed by atoms with Gasteiger partial charge in [-0.2, -0.15) is 0 Å². The second-order valence-corrected chi connectivity index (χ2v) is 3.60. The Balaban J connectivity index is 2.01. The molecule has 1 radical (unpaired) electrons. The van der Waals surface area contributed by atoms with Gasteiger partial charge >= 0.3 is 0 Å². The molecule has 0 saturated heterocycles. The number of hydrogen-bond acceptors (Lipinski definition) is 1. The molecule has 1 aromatic carbocycles. The van der Waals surface area contributed by atoms with E-state index in [1.807, 2.05) is 19.1 Å². The van der Waals surface area contributed by atoms with E-state index < -0.39 is 0 Å². The Hall–Kier alpha value is -1.31. The molecule has 1 aromatic rings. The third kappa shape index (κ3) is 1.79. The number of rotatable bonds is 2. The quantitative estimate of drug-likeness (QED) is 0.751. The number of hydrogen-bond donors (Lipinski definition) is 1. The molecular weight excluding hydrogens is 174 g/mol. The summed E-state index contributed by atoms with van der Waals surface area (Å²) in [6.07, 6.45) is 3.62. The Morgan fingerprint density at radius 3 is 3.00 bits per heavy atom. The van der Waals surface area contributed by atoms with Gasteiger partial charge in [-0.3, -0.25) is 4.79 Å². The minimum absolute atomic E-state index is 0.124. The van der Waals surface area contributed by atoms with Crippen LogP contribution in [-0.4, -0.2) is 11.9 Å². The highest BCUT2D eigenvalue weighted by Crippen LogP contribution is 2.23. The fourth-order valence-corrected chi connectivity index (χ4v) is 1.80. The summed E-state index contributed by atoms with van der Waals surface area (Å²) in [5.41, 5.74) is 2.59. The van der Waals surface area contributed by atoms with Crippen LogP contribution in [-0.2, 0) is 11.2 Å². The minimum atomic E-state index is 0.124. The molecule has 2 heteroatoms. The van der Waals surface area contributed by atoms with E-state index in [9.17, 15) is 4.79 Å². The van der Waals surface area contributed by atoms with E-state index >= 15 is 0 Å². The zero-order valence-electron chi connectivity index (χ0n) is 8.29. The number of fused-ring (bicyclic) bond motifs is 1. The van der Waals surface area contributed by atoms with Crippen molar-refractivity contribution in [1.82, 2.24) is 5.32 Å². The Morgan fingerprint density at radius 2 is 2.29 bits per heavy atom. The summed E-state index contributed by atoms with van der Waals surface area (Å²) in [4.78, 5) is 11.2. The van der Waals surface area contributed by atoms with E-state index in [4.69, 9.17) is 0 Å². The molecule has 0 aliphatic heterocycles. The maximum Gasteiger partial charge on any atom is 0.219 e. The van der Waals surface area contributed by atoms with Gasteiger partial charge < -0.3 is 5.32 Å². The van der Waals surface area contributed by atoms with Crippen molar-refractivity contribution in [1.29, 1.82) is 0 Å². The average Bonchev–Trinajstić information content (AvgIpc) is 2.59. The highest BCUT2D eigenvalue weighted by Gasteiger charge is 2.21. The second kappa shape index (κ2) is 3.82. The van der Waals surface area contributed by atoms with Gasteiger partial charge in [-0.05, 0) is 17.5 Å². The molecular formula is C12H14NO. The minimum Gasteiger partial charge on any atom is -0.352 e. The number of carbonyl (C=O) groups excluding carboxylic acids is 1. The van der Waals surface area contributed by atoms with E-state index in [-0.39, 0.29) is 11.9 Å². The molecule has 2 nitrogen and oxygen atoms in total. The van der Waals surface area contributed by atoms with Crippen molar-refractivity contribution in [3.8, 4) is 0 Å². The second-order valence-electron chi connectivity index (χ2n) is 3.60. The first-order chi connectivity index (χ1) is 6.79. The van der Waals surface area contributed by atoms with Crippen LogP contribution >= 0.6 is 0 Å². The van der Waals surface area contributed by atoms with Gasteiger partial charge in [0.2, 0.25) is 5.91 Å². The predicted molar refractivity (Wildman–Crippen MR) is 55.8 cm³/mol. The van der Waals surface area contributed by atoms with Crippen molar-refractivity contribution in [3.63, 3.8) is 0 Å². The van der Waals surface area contributed by atoms with Crippen molar-refractivity contribution in [2.24, 2.45) is 0 Å². The van der Waals surface area contributed by atoms with Crippen molar-refractivity contribution in [2.75, 3.05) is 0 Å². The molecule has 1 N–H and O–H groups in total. The van der Waals surface area contributed by atoms with Gasteiger partial charge in [0.15, 0.2) is 0 Å². The summed E-state index contributed by atoms with van der Waals surface area (Å²) >= 11 is 0. The standard InChI is InChI=1S/C12H14NO/c1-2-12(14)13-11-7-9-5-3-4-6-10(9)8-11/h3-7,11H,2,8H2,1H3,(H,13,14). The van der Waals surface area contributed by atoms with Gasteiger partial charge in [0.25, 0.3) is 0 Å². The van der Waals surface area contributed by atoms with Crippen LogP contribution in [0.15, 0.2) is 24.3 Å². The van der Waals surface area contributed by atoms with E-state index in [0.717, 1.165) is 6.42 Å². The average molecular weight is 188 g/mol. The molecule has 73 valence electrons. The monoisotopic (exact) mass is 188 g/mol. The maximum absolute atomic E-state index is 11.2. The molecule has 1 atom stereocenters. The van der Waals surface area contributed by atoms with Crippen LogP contribution in [0.2, 0.25) is 0 Å². The highest BCUT2D eigenvalue weighted by atomic mass is 16.1. The third-order valence-corrected chi connectivity index (χ3v) is 2.54. The third-order valence-electron chi connectivity index (χ3n) is 2.54. The van der Waals surface area contributed by atoms with E-state index in [1.54, 1.807) is 0 Å². The van der Waals surface area contributed by atoms with E-state index in [1.165, 1.54) is 11.1 Å². The van der Waals surface area contributed by atoms with Gasteiger partial charge in [-0.25, -0.2) is 0 Å². The largest absolute Gasteiger partial charge is 0.352 e. The molecule has 0 aromatic heterocycles. The molecule has 1 aliphatic carbocycles. The Kier molecular flexibility index (Phi) is 2.53. The van der Waals surface area contributed by atoms with Crippen LogP contribution in [0.4, 0.5) is 0 Å². The Morgan fingerprint density at radius 1 is 1.50 bits per heavy atom. The van der Waals surface area contributed by atoms with Gasteiger partial charge in [-0.15, -0.1) is 0 Å². The highest BCUT2D eigenvalue weighted by molar-refractivity contribution is 5.76. The number of amides is 1. The van der Waals surface area contributed by atoms with Crippen molar-refractivity contribution >= 4 is 5.91 Å². The smallest absolute Gasteiger partial charge is 0.219 e. The lowest BCUT2D eigenvalue weighted by Crippen LogP contribution is -2.33. The summed E-state index contributed by atoms with van der Waals surface area (Å²) in [7, 11) is 0. The summed E-state index contributed by atoms with van der Waals surface area (Å²) in [6, 6.07) is 8.47. The molecule has 1 unspecified atom stereocenters. The molecule has 14 heavy (non-hydrogen) atoms. The lowest BCUT2D eigenvalue weighted by Gasteiger charge is -2.09. The van der Waals surface area contributed by atoms with Gasteiger partial charge in [0, 0.05) is 18.9 Å². The number of carbonyl (C=O) groups is 1. The molecule has 2 rings (SSSR count). The molecule has 1 aliphatic rings. The summed E-state index contributed by atoms with van der Waals surface area (Å²) in [5, 5.41) is 2.98. The zero-order chi connectivity index (χ0) is 9.97. The topological polar surface area (TPSA) is 29.1 Å². The van der Waals surface area contributed by atoms with Crippen LogP contribution in [0, 0.1) is 6.42 Å². The fourth-order valence-electron chi connectivity index (χ4n) is 1.80. The van der Waals surface area contributed by atoms with Gasteiger partial charge in [0.05, 0.1) is 0 Å². The van der Waals surface area contributed by atoms with E-state index in [0.29, 0.717) is 6.42 Å². The lowest BCUT2D eigenvalue weighted by molar-refractivity contribution is -0.121. The first kappa shape index (κ1) is 9.25.